The van der Waals surface area contributed by atoms with Gasteiger partial charge in [0.05, 0.1) is 11.1 Å². The molecule has 0 aliphatic heterocycles. The molecule has 0 radical (unpaired) electrons. The van der Waals surface area contributed by atoms with E-state index in [0.717, 1.165) is 5.56 Å². The molecule has 5 nitrogen and oxygen atoms in total. The number of carbonyl (C=O) groups is 2. The van der Waals surface area contributed by atoms with Crippen LogP contribution in [-0.4, -0.2) is 18.0 Å². The SMILES string of the molecule is CC(C)OC(=O)c1c(-c2ccccc2)csc1NC(=O)c1ccc(-c2cc(Cl)ccc2Cl)o1. The van der Waals surface area contributed by atoms with Gasteiger partial charge >= 0.3 is 5.97 Å². The van der Waals surface area contributed by atoms with Crippen LogP contribution in [-0.2, 0) is 4.74 Å². The maximum atomic E-state index is 12.9. The van der Waals surface area contributed by atoms with Crippen molar-refractivity contribution in [2.45, 2.75) is 20.0 Å². The second-order valence-electron chi connectivity index (χ2n) is 7.42. The molecule has 33 heavy (non-hydrogen) atoms. The summed E-state index contributed by atoms with van der Waals surface area (Å²) in [5.74, 6) is -0.534. The molecule has 0 atom stereocenters. The summed E-state index contributed by atoms with van der Waals surface area (Å²) in [7, 11) is 0. The summed E-state index contributed by atoms with van der Waals surface area (Å²) in [5.41, 5.74) is 2.41. The average Bonchev–Trinajstić information content (AvgIpc) is 3.43. The highest BCUT2D eigenvalue weighted by atomic mass is 35.5. The molecule has 1 N–H and O–H groups in total. The number of hydrogen-bond donors (Lipinski definition) is 1. The number of esters is 1. The number of benzene rings is 2. The van der Waals surface area contributed by atoms with Gasteiger partial charge in [0.25, 0.3) is 5.91 Å². The first-order chi connectivity index (χ1) is 15.8. The van der Waals surface area contributed by atoms with Gasteiger partial charge in [0.2, 0.25) is 0 Å². The van der Waals surface area contributed by atoms with Crippen LogP contribution < -0.4 is 5.32 Å². The number of anilines is 1. The number of hydrogen-bond acceptors (Lipinski definition) is 5. The molecule has 1 amide bonds. The van der Waals surface area contributed by atoms with E-state index in [1.165, 1.54) is 11.3 Å². The number of nitrogens with one attached hydrogen (secondary N) is 1. The van der Waals surface area contributed by atoms with Crippen molar-refractivity contribution in [3.63, 3.8) is 0 Å². The van der Waals surface area contributed by atoms with E-state index in [0.29, 0.717) is 37.5 Å². The second kappa shape index (κ2) is 9.83. The number of amides is 1. The number of ether oxygens (including phenoxy) is 1. The Bertz CT molecular complexity index is 1310. The molecular weight excluding hydrogens is 481 g/mol. The van der Waals surface area contributed by atoms with E-state index < -0.39 is 11.9 Å². The van der Waals surface area contributed by atoms with E-state index in [1.807, 2.05) is 35.7 Å². The topological polar surface area (TPSA) is 68.5 Å². The third-order valence-electron chi connectivity index (χ3n) is 4.67. The van der Waals surface area contributed by atoms with E-state index in [4.69, 9.17) is 32.4 Å². The average molecular weight is 500 g/mol. The van der Waals surface area contributed by atoms with Crippen molar-refractivity contribution in [2.24, 2.45) is 0 Å². The molecule has 4 rings (SSSR count). The van der Waals surface area contributed by atoms with Crippen LogP contribution in [0, 0.1) is 0 Å². The smallest absolute Gasteiger partial charge is 0.342 e. The van der Waals surface area contributed by atoms with Crippen LogP contribution in [0.15, 0.2) is 70.5 Å². The van der Waals surface area contributed by atoms with Crippen molar-refractivity contribution < 1.29 is 18.7 Å². The van der Waals surface area contributed by atoms with Crippen molar-refractivity contribution in [2.75, 3.05) is 5.32 Å². The minimum absolute atomic E-state index is 0.0684. The van der Waals surface area contributed by atoms with E-state index in [9.17, 15) is 9.59 Å². The number of furan rings is 1. The van der Waals surface area contributed by atoms with Crippen LogP contribution in [0.1, 0.15) is 34.8 Å². The highest BCUT2D eigenvalue weighted by Crippen LogP contribution is 2.37. The van der Waals surface area contributed by atoms with Crippen molar-refractivity contribution in [1.29, 1.82) is 0 Å². The Balaban J connectivity index is 1.65. The minimum atomic E-state index is -0.508. The molecule has 168 valence electrons. The Labute approximate surface area is 204 Å². The summed E-state index contributed by atoms with van der Waals surface area (Å²) < 4.78 is 11.2. The lowest BCUT2D eigenvalue weighted by atomic mass is 10.0. The molecular formula is C25H19Cl2NO4S. The third-order valence-corrected chi connectivity index (χ3v) is 6.13. The fourth-order valence-corrected chi connectivity index (χ4v) is 4.55. The minimum Gasteiger partial charge on any atom is -0.459 e. The fraction of sp³-hybridized carbons (Fsp3) is 0.120. The molecule has 0 bridgehead atoms. The van der Waals surface area contributed by atoms with Gasteiger partial charge in [0.1, 0.15) is 16.3 Å². The number of rotatable bonds is 6. The summed E-state index contributed by atoms with van der Waals surface area (Å²) in [6.07, 6.45) is -0.306. The number of carbonyl (C=O) groups excluding carboxylic acids is 2. The van der Waals surface area contributed by atoms with Gasteiger partial charge in [-0.15, -0.1) is 11.3 Å². The zero-order valence-corrected chi connectivity index (χ0v) is 20.1. The molecule has 0 aliphatic carbocycles. The first-order valence-electron chi connectivity index (χ1n) is 10.1. The second-order valence-corrected chi connectivity index (χ2v) is 9.14. The molecule has 2 heterocycles. The van der Waals surface area contributed by atoms with Crippen LogP contribution in [0.2, 0.25) is 10.0 Å². The molecule has 0 aliphatic rings. The summed E-state index contributed by atoms with van der Waals surface area (Å²) in [4.78, 5) is 25.8. The molecule has 2 aromatic carbocycles. The first-order valence-corrected chi connectivity index (χ1v) is 11.7. The molecule has 8 heteroatoms. The lowest BCUT2D eigenvalue weighted by molar-refractivity contribution is 0.0380. The van der Waals surface area contributed by atoms with E-state index in [1.54, 1.807) is 44.2 Å². The van der Waals surface area contributed by atoms with Crippen molar-refractivity contribution >= 4 is 51.4 Å². The quantitative estimate of drug-likeness (QED) is 0.274. The Hall–Kier alpha value is -3.06. The lowest BCUT2D eigenvalue weighted by Gasteiger charge is -2.11. The van der Waals surface area contributed by atoms with E-state index in [2.05, 4.69) is 5.32 Å². The van der Waals surface area contributed by atoms with Gasteiger partial charge in [-0.3, -0.25) is 4.79 Å². The highest BCUT2D eigenvalue weighted by Gasteiger charge is 2.25. The molecule has 0 fully saturated rings. The zero-order chi connectivity index (χ0) is 23.5. The monoisotopic (exact) mass is 499 g/mol. The summed E-state index contributed by atoms with van der Waals surface area (Å²) in [6.45, 7) is 3.55. The van der Waals surface area contributed by atoms with Gasteiger partial charge < -0.3 is 14.5 Å². The predicted octanol–water partition coefficient (Wildman–Crippen LogP) is 7.80. The van der Waals surface area contributed by atoms with Crippen molar-refractivity contribution in [1.82, 2.24) is 0 Å². The van der Waals surface area contributed by atoms with Gasteiger partial charge in [-0.25, -0.2) is 4.79 Å². The normalized spacial score (nSPS) is 10.9. The van der Waals surface area contributed by atoms with E-state index in [-0.39, 0.29) is 11.9 Å². The van der Waals surface area contributed by atoms with Crippen LogP contribution in [0.4, 0.5) is 5.00 Å². The number of thiophene rings is 1. The summed E-state index contributed by atoms with van der Waals surface area (Å²) in [5, 5.41) is 5.93. The highest BCUT2D eigenvalue weighted by molar-refractivity contribution is 7.15. The Kier molecular flexibility index (Phi) is 6.88. The first kappa shape index (κ1) is 23.1. The molecule has 2 aromatic heterocycles. The maximum Gasteiger partial charge on any atom is 0.342 e. The van der Waals surface area contributed by atoms with Crippen LogP contribution >= 0.6 is 34.5 Å². The zero-order valence-electron chi connectivity index (χ0n) is 17.7. The van der Waals surface area contributed by atoms with Gasteiger partial charge in [-0.05, 0) is 49.7 Å². The molecule has 0 saturated carbocycles. The Morgan fingerprint density at radius 1 is 1.00 bits per heavy atom. The van der Waals surface area contributed by atoms with Crippen LogP contribution in [0.3, 0.4) is 0 Å². The Morgan fingerprint density at radius 2 is 1.76 bits per heavy atom. The number of halogens is 2. The third kappa shape index (κ3) is 5.14. The molecule has 4 aromatic rings. The summed E-state index contributed by atoms with van der Waals surface area (Å²) in [6, 6.07) is 17.6. The predicted molar refractivity (Wildman–Crippen MR) is 132 cm³/mol. The van der Waals surface area contributed by atoms with Crippen LogP contribution in [0.25, 0.3) is 22.5 Å². The van der Waals surface area contributed by atoms with Crippen molar-refractivity contribution in [3.8, 4) is 22.5 Å². The van der Waals surface area contributed by atoms with E-state index >= 15 is 0 Å². The van der Waals surface area contributed by atoms with Crippen LogP contribution in [0.5, 0.6) is 0 Å². The van der Waals surface area contributed by atoms with Gasteiger partial charge in [0.15, 0.2) is 5.76 Å². The maximum absolute atomic E-state index is 12.9. The standard InChI is InChI=1S/C25H19Cl2NO4S/c1-14(2)31-25(30)22-18(15-6-4-3-5-7-15)13-33-24(22)28-23(29)21-11-10-20(32-21)17-12-16(26)8-9-19(17)27/h3-14H,1-2H3,(H,28,29). The van der Waals surface area contributed by atoms with Gasteiger partial charge in [-0.2, -0.15) is 0 Å². The molecule has 0 saturated heterocycles. The molecule has 0 unspecified atom stereocenters. The summed E-state index contributed by atoms with van der Waals surface area (Å²) >= 11 is 13.5. The van der Waals surface area contributed by atoms with Gasteiger partial charge in [0, 0.05) is 21.5 Å². The largest absolute Gasteiger partial charge is 0.459 e. The Morgan fingerprint density at radius 3 is 2.48 bits per heavy atom. The molecule has 0 spiro atoms. The van der Waals surface area contributed by atoms with Gasteiger partial charge in [-0.1, -0.05) is 53.5 Å². The van der Waals surface area contributed by atoms with Crippen molar-refractivity contribution in [3.05, 3.63) is 87.4 Å². The fourth-order valence-electron chi connectivity index (χ4n) is 3.21. The lowest BCUT2D eigenvalue weighted by Crippen LogP contribution is -2.16.